The minimum Gasteiger partial charge on any atom is -0.313 e. The van der Waals surface area contributed by atoms with E-state index in [9.17, 15) is 0 Å². The van der Waals surface area contributed by atoms with E-state index in [1.807, 2.05) is 0 Å². The lowest BCUT2D eigenvalue weighted by Crippen LogP contribution is -2.28. The van der Waals surface area contributed by atoms with Crippen LogP contribution in [0.5, 0.6) is 0 Å². The SMILES string of the molecule is CCCC(C)NCCSC1CCCC(C)C1. The molecular weight excluding hydrogens is 214 g/mol. The minimum atomic E-state index is 0.705. The normalized spacial score (nSPS) is 27.9. The molecular formula is C14H29NS. The van der Waals surface area contributed by atoms with Crippen molar-refractivity contribution in [3.05, 3.63) is 0 Å². The third-order valence-corrected chi connectivity index (χ3v) is 4.90. The molecule has 3 atom stereocenters. The molecule has 0 spiro atoms. The molecule has 1 fully saturated rings. The summed E-state index contributed by atoms with van der Waals surface area (Å²) >= 11 is 2.20. The summed E-state index contributed by atoms with van der Waals surface area (Å²) in [6.07, 6.45) is 8.43. The summed E-state index contributed by atoms with van der Waals surface area (Å²) in [5.74, 6) is 2.27. The van der Waals surface area contributed by atoms with Crippen LogP contribution in [-0.2, 0) is 0 Å². The fraction of sp³-hybridized carbons (Fsp3) is 1.00. The summed E-state index contributed by atoms with van der Waals surface area (Å²) in [6, 6.07) is 0.705. The van der Waals surface area contributed by atoms with E-state index in [0.29, 0.717) is 6.04 Å². The zero-order valence-corrected chi connectivity index (χ0v) is 12.1. The third kappa shape index (κ3) is 6.15. The van der Waals surface area contributed by atoms with Gasteiger partial charge in [-0.05, 0) is 32.1 Å². The van der Waals surface area contributed by atoms with Crippen LogP contribution in [0.2, 0.25) is 0 Å². The van der Waals surface area contributed by atoms with Crippen LogP contribution in [0.25, 0.3) is 0 Å². The molecule has 1 saturated carbocycles. The molecule has 0 bridgehead atoms. The number of hydrogen-bond acceptors (Lipinski definition) is 2. The second kappa shape index (κ2) is 8.41. The molecule has 0 aromatic rings. The number of hydrogen-bond donors (Lipinski definition) is 1. The highest BCUT2D eigenvalue weighted by Crippen LogP contribution is 2.31. The van der Waals surface area contributed by atoms with Crippen LogP contribution < -0.4 is 5.32 Å². The van der Waals surface area contributed by atoms with Gasteiger partial charge in [-0.3, -0.25) is 0 Å². The molecule has 0 amide bonds. The van der Waals surface area contributed by atoms with Gasteiger partial charge in [0.25, 0.3) is 0 Å². The average molecular weight is 243 g/mol. The summed E-state index contributed by atoms with van der Waals surface area (Å²) in [4.78, 5) is 0. The van der Waals surface area contributed by atoms with Crippen LogP contribution >= 0.6 is 11.8 Å². The third-order valence-electron chi connectivity index (χ3n) is 3.56. The molecule has 16 heavy (non-hydrogen) atoms. The Labute approximate surface area is 106 Å². The number of thioether (sulfide) groups is 1. The van der Waals surface area contributed by atoms with E-state index in [0.717, 1.165) is 11.2 Å². The lowest BCUT2D eigenvalue weighted by molar-refractivity contribution is 0.394. The van der Waals surface area contributed by atoms with Crippen molar-refractivity contribution in [3.8, 4) is 0 Å². The van der Waals surface area contributed by atoms with Gasteiger partial charge in [-0.25, -0.2) is 0 Å². The molecule has 96 valence electrons. The maximum Gasteiger partial charge on any atom is 0.00609 e. The Bertz CT molecular complexity index is 172. The van der Waals surface area contributed by atoms with Gasteiger partial charge in [0, 0.05) is 23.6 Å². The highest BCUT2D eigenvalue weighted by Gasteiger charge is 2.18. The van der Waals surface area contributed by atoms with Crippen LogP contribution in [0.4, 0.5) is 0 Å². The van der Waals surface area contributed by atoms with Crippen molar-refractivity contribution in [2.24, 2.45) is 5.92 Å². The Hall–Kier alpha value is 0.310. The Morgan fingerprint density at radius 2 is 2.19 bits per heavy atom. The zero-order chi connectivity index (χ0) is 11.8. The lowest BCUT2D eigenvalue weighted by Gasteiger charge is -2.26. The largest absolute Gasteiger partial charge is 0.313 e. The first-order chi connectivity index (χ1) is 7.72. The van der Waals surface area contributed by atoms with E-state index in [1.165, 1.54) is 50.8 Å². The predicted octanol–water partition coefficient (Wildman–Crippen LogP) is 4.08. The molecule has 1 aliphatic carbocycles. The van der Waals surface area contributed by atoms with Crippen LogP contribution in [0.1, 0.15) is 59.3 Å². The van der Waals surface area contributed by atoms with Crippen molar-refractivity contribution >= 4 is 11.8 Å². The van der Waals surface area contributed by atoms with E-state index >= 15 is 0 Å². The second-order valence-electron chi connectivity index (χ2n) is 5.41. The smallest absolute Gasteiger partial charge is 0.00609 e. The van der Waals surface area contributed by atoms with E-state index in [2.05, 4.69) is 37.8 Å². The molecule has 0 aromatic carbocycles. The molecule has 1 rings (SSSR count). The molecule has 0 radical (unpaired) electrons. The summed E-state index contributed by atoms with van der Waals surface area (Å²) in [5.41, 5.74) is 0. The van der Waals surface area contributed by atoms with Crippen molar-refractivity contribution in [2.75, 3.05) is 12.3 Å². The van der Waals surface area contributed by atoms with Gasteiger partial charge in [0.05, 0.1) is 0 Å². The Balaban J connectivity index is 1.98. The van der Waals surface area contributed by atoms with Gasteiger partial charge >= 0.3 is 0 Å². The first-order valence-corrected chi connectivity index (χ1v) is 8.12. The fourth-order valence-electron chi connectivity index (χ4n) is 2.60. The van der Waals surface area contributed by atoms with Crippen molar-refractivity contribution in [1.82, 2.24) is 5.32 Å². The van der Waals surface area contributed by atoms with Gasteiger partial charge < -0.3 is 5.32 Å². The first kappa shape index (κ1) is 14.4. The molecule has 0 aromatic heterocycles. The van der Waals surface area contributed by atoms with Gasteiger partial charge in [0.1, 0.15) is 0 Å². The van der Waals surface area contributed by atoms with Gasteiger partial charge in [0.2, 0.25) is 0 Å². The van der Waals surface area contributed by atoms with E-state index in [1.54, 1.807) is 0 Å². The summed E-state index contributed by atoms with van der Waals surface area (Å²) in [5, 5.41) is 4.56. The van der Waals surface area contributed by atoms with Gasteiger partial charge in [0.15, 0.2) is 0 Å². The average Bonchev–Trinajstić information content (AvgIpc) is 2.25. The molecule has 1 nitrogen and oxygen atoms in total. The molecule has 0 heterocycles. The first-order valence-electron chi connectivity index (χ1n) is 7.07. The summed E-state index contributed by atoms with van der Waals surface area (Å²) in [6.45, 7) is 8.16. The van der Waals surface area contributed by atoms with Gasteiger partial charge in [-0.15, -0.1) is 0 Å². The highest BCUT2D eigenvalue weighted by atomic mass is 32.2. The maximum absolute atomic E-state index is 3.61. The van der Waals surface area contributed by atoms with Crippen LogP contribution in [0.3, 0.4) is 0 Å². The Kier molecular flexibility index (Phi) is 7.55. The molecule has 1 N–H and O–H groups in total. The summed E-state index contributed by atoms with van der Waals surface area (Å²) < 4.78 is 0. The van der Waals surface area contributed by atoms with Crippen molar-refractivity contribution < 1.29 is 0 Å². The van der Waals surface area contributed by atoms with Crippen molar-refractivity contribution in [2.45, 2.75) is 70.6 Å². The molecule has 1 aliphatic rings. The fourth-order valence-corrected chi connectivity index (χ4v) is 3.96. The van der Waals surface area contributed by atoms with Crippen LogP contribution in [0.15, 0.2) is 0 Å². The Morgan fingerprint density at radius 3 is 2.88 bits per heavy atom. The second-order valence-corrected chi connectivity index (χ2v) is 6.82. The highest BCUT2D eigenvalue weighted by molar-refractivity contribution is 7.99. The number of nitrogens with one attached hydrogen (secondary N) is 1. The van der Waals surface area contributed by atoms with E-state index in [-0.39, 0.29) is 0 Å². The van der Waals surface area contributed by atoms with Gasteiger partial charge in [-0.2, -0.15) is 11.8 Å². The number of rotatable bonds is 7. The van der Waals surface area contributed by atoms with Gasteiger partial charge in [-0.1, -0.05) is 33.1 Å². The van der Waals surface area contributed by atoms with E-state index in [4.69, 9.17) is 0 Å². The topological polar surface area (TPSA) is 12.0 Å². The minimum absolute atomic E-state index is 0.705. The summed E-state index contributed by atoms with van der Waals surface area (Å²) in [7, 11) is 0. The predicted molar refractivity (Wildman–Crippen MR) is 76.3 cm³/mol. The van der Waals surface area contributed by atoms with Crippen LogP contribution in [-0.4, -0.2) is 23.6 Å². The quantitative estimate of drug-likeness (QED) is 0.676. The molecule has 0 saturated heterocycles. The molecule has 3 unspecified atom stereocenters. The zero-order valence-electron chi connectivity index (χ0n) is 11.3. The van der Waals surface area contributed by atoms with Crippen molar-refractivity contribution in [3.63, 3.8) is 0 Å². The Morgan fingerprint density at radius 1 is 1.38 bits per heavy atom. The monoisotopic (exact) mass is 243 g/mol. The standard InChI is InChI=1S/C14H29NS/c1-4-6-13(3)15-9-10-16-14-8-5-7-12(2)11-14/h12-15H,4-11H2,1-3H3. The lowest BCUT2D eigenvalue weighted by atomic mass is 9.91. The molecule has 2 heteroatoms. The maximum atomic E-state index is 3.61. The van der Waals surface area contributed by atoms with E-state index < -0.39 is 0 Å². The van der Waals surface area contributed by atoms with Crippen LogP contribution in [0, 0.1) is 5.92 Å². The van der Waals surface area contributed by atoms with Crippen molar-refractivity contribution in [1.29, 1.82) is 0 Å². The molecule has 0 aliphatic heterocycles.